The number of terminal acetylenes is 1. The summed E-state index contributed by atoms with van der Waals surface area (Å²) in [6.45, 7) is 1.91. The SMILES string of the molecule is C#CCC(CC)NC(CC(F)(F)F)c1ccccc1. The van der Waals surface area contributed by atoms with Crippen LogP contribution in [0.15, 0.2) is 30.3 Å². The van der Waals surface area contributed by atoms with Crippen molar-refractivity contribution in [1.82, 2.24) is 5.32 Å². The van der Waals surface area contributed by atoms with Crippen LogP contribution in [0.3, 0.4) is 0 Å². The summed E-state index contributed by atoms with van der Waals surface area (Å²) in [4.78, 5) is 0. The van der Waals surface area contributed by atoms with Crippen molar-refractivity contribution in [2.24, 2.45) is 0 Å². The van der Waals surface area contributed by atoms with Crippen molar-refractivity contribution >= 4 is 0 Å². The zero-order valence-electron chi connectivity index (χ0n) is 10.9. The minimum atomic E-state index is -4.21. The van der Waals surface area contributed by atoms with E-state index < -0.39 is 18.6 Å². The Bertz CT molecular complexity index is 406. The van der Waals surface area contributed by atoms with Crippen molar-refractivity contribution < 1.29 is 13.2 Å². The molecule has 1 rings (SSSR count). The molecule has 0 aliphatic heterocycles. The van der Waals surface area contributed by atoms with Crippen LogP contribution in [-0.4, -0.2) is 12.2 Å². The first-order valence-corrected chi connectivity index (χ1v) is 6.27. The second-order valence-electron chi connectivity index (χ2n) is 4.46. The van der Waals surface area contributed by atoms with E-state index in [1.807, 2.05) is 6.92 Å². The highest BCUT2D eigenvalue weighted by atomic mass is 19.4. The molecule has 0 aliphatic rings. The molecule has 4 heteroatoms. The average Bonchev–Trinajstić information content (AvgIpc) is 2.36. The van der Waals surface area contributed by atoms with Crippen molar-refractivity contribution in [2.75, 3.05) is 0 Å². The van der Waals surface area contributed by atoms with Gasteiger partial charge >= 0.3 is 6.18 Å². The molecule has 0 saturated heterocycles. The molecule has 0 amide bonds. The summed E-state index contributed by atoms with van der Waals surface area (Å²) in [5, 5.41) is 3.02. The van der Waals surface area contributed by atoms with E-state index in [2.05, 4.69) is 11.2 Å². The van der Waals surface area contributed by atoms with Crippen molar-refractivity contribution in [2.45, 2.75) is 44.4 Å². The monoisotopic (exact) mass is 269 g/mol. The first kappa shape index (κ1) is 15.6. The maximum absolute atomic E-state index is 12.7. The van der Waals surface area contributed by atoms with Crippen LogP contribution in [0.1, 0.15) is 37.8 Å². The first-order chi connectivity index (χ1) is 8.96. The first-order valence-electron chi connectivity index (χ1n) is 6.27. The van der Waals surface area contributed by atoms with Gasteiger partial charge in [0, 0.05) is 18.5 Å². The van der Waals surface area contributed by atoms with E-state index in [4.69, 9.17) is 6.42 Å². The highest BCUT2D eigenvalue weighted by molar-refractivity contribution is 5.19. The van der Waals surface area contributed by atoms with Crippen molar-refractivity contribution in [3.05, 3.63) is 35.9 Å². The third-order valence-electron chi connectivity index (χ3n) is 2.93. The fourth-order valence-corrected chi connectivity index (χ4v) is 1.94. The van der Waals surface area contributed by atoms with E-state index in [0.29, 0.717) is 18.4 Å². The highest BCUT2D eigenvalue weighted by Crippen LogP contribution is 2.30. The zero-order chi connectivity index (χ0) is 14.3. The molecular formula is C15H18F3N. The van der Waals surface area contributed by atoms with Gasteiger partial charge in [0.2, 0.25) is 0 Å². The molecule has 0 bridgehead atoms. The molecule has 0 radical (unpaired) electrons. The van der Waals surface area contributed by atoms with Crippen LogP contribution >= 0.6 is 0 Å². The van der Waals surface area contributed by atoms with Crippen LogP contribution in [0.2, 0.25) is 0 Å². The Morgan fingerprint density at radius 1 is 1.26 bits per heavy atom. The molecule has 0 heterocycles. The van der Waals surface area contributed by atoms with Gasteiger partial charge in [0.05, 0.1) is 6.42 Å². The summed E-state index contributed by atoms with van der Waals surface area (Å²) in [5.74, 6) is 2.49. The van der Waals surface area contributed by atoms with E-state index >= 15 is 0 Å². The van der Waals surface area contributed by atoms with Gasteiger partial charge in [-0.3, -0.25) is 0 Å². The summed E-state index contributed by atoms with van der Waals surface area (Å²) in [6, 6.07) is 7.81. The third-order valence-corrected chi connectivity index (χ3v) is 2.93. The fraction of sp³-hybridized carbons (Fsp3) is 0.467. The lowest BCUT2D eigenvalue weighted by molar-refractivity contribution is -0.140. The Labute approximate surface area is 112 Å². The molecule has 19 heavy (non-hydrogen) atoms. The number of halogens is 3. The lowest BCUT2D eigenvalue weighted by Crippen LogP contribution is -2.34. The van der Waals surface area contributed by atoms with Crippen LogP contribution < -0.4 is 5.32 Å². The lowest BCUT2D eigenvalue weighted by atomic mass is 10.0. The molecule has 0 aliphatic carbocycles. The number of rotatable bonds is 6. The van der Waals surface area contributed by atoms with Crippen LogP contribution in [0, 0.1) is 12.3 Å². The zero-order valence-corrected chi connectivity index (χ0v) is 10.9. The van der Waals surface area contributed by atoms with E-state index in [9.17, 15) is 13.2 Å². The Morgan fingerprint density at radius 2 is 1.89 bits per heavy atom. The summed E-state index contributed by atoms with van der Waals surface area (Å²) in [6.07, 6.45) is 1.27. The summed E-state index contributed by atoms with van der Waals surface area (Å²) < 4.78 is 38.0. The van der Waals surface area contributed by atoms with Crippen molar-refractivity contribution in [1.29, 1.82) is 0 Å². The number of nitrogens with one attached hydrogen (secondary N) is 1. The molecule has 1 aromatic rings. The second-order valence-corrected chi connectivity index (χ2v) is 4.46. The minimum Gasteiger partial charge on any atom is -0.306 e. The van der Waals surface area contributed by atoms with Crippen molar-refractivity contribution in [3.63, 3.8) is 0 Å². The molecule has 1 N–H and O–H groups in total. The van der Waals surface area contributed by atoms with Gasteiger partial charge in [-0.25, -0.2) is 0 Å². The number of alkyl halides is 3. The molecule has 2 atom stereocenters. The summed E-state index contributed by atoms with van der Waals surface area (Å²) in [7, 11) is 0. The molecule has 1 nitrogen and oxygen atoms in total. The molecule has 0 aromatic heterocycles. The smallest absolute Gasteiger partial charge is 0.306 e. The van der Waals surface area contributed by atoms with Gasteiger partial charge in [-0.15, -0.1) is 12.3 Å². The van der Waals surface area contributed by atoms with E-state index in [-0.39, 0.29) is 6.04 Å². The second kappa shape index (κ2) is 7.20. The highest BCUT2D eigenvalue weighted by Gasteiger charge is 2.33. The standard InChI is InChI=1S/C15H18F3N/c1-3-8-13(4-2)19-14(11-15(16,17)18)12-9-6-5-7-10-12/h1,5-7,9-10,13-14,19H,4,8,11H2,2H3. The van der Waals surface area contributed by atoms with Crippen molar-refractivity contribution in [3.8, 4) is 12.3 Å². The average molecular weight is 269 g/mol. The van der Waals surface area contributed by atoms with E-state index in [0.717, 1.165) is 0 Å². The van der Waals surface area contributed by atoms with E-state index in [1.54, 1.807) is 30.3 Å². The maximum atomic E-state index is 12.7. The fourth-order valence-electron chi connectivity index (χ4n) is 1.94. The molecular weight excluding hydrogens is 251 g/mol. The predicted molar refractivity (Wildman–Crippen MR) is 70.5 cm³/mol. The number of benzene rings is 1. The normalized spacial score (nSPS) is 14.7. The van der Waals surface area contributed by atoms with Crippen LogP contribution in [-0.2, 0) is 0 Å². The van der Waals surface area contributed by atoms with Gasteiger partial charge in [-0.2, -0.15) is 13.2 Å². The molecule has 104 valence electrons. The molecule has 0 fully saturated rings. The molecule has 0 saturated carbocycles. The van der Waals surface area contributed by atoms with Gasteiger partial charge < -0.3 is 5.32 Å². The van der Waals surface area contributed by atoms with Crippen LogP contribution in [0.25, 0.3) is 0 Å². The van der Waals surface area contributed by atoms with E-state index in [1.165, 1.54) is 0 Å². The summed E-state index contributed by atoms with van der Waals surface area (Å²) in [5.41, 5.74) is 0.635. The Hall–Kier alpha value is -1.47. The van der Waals surface area contributed by atoms with Gasteiger partial charge in [0.15, 0.2) is 0 Å². The molecule has 2 unspecified atom stereocenters. The minimum absolute atomic E-state index is 0.0995. The topological polar surface area (TPSA) is 12.0 Å². The Balaban J connectivity index is 2.84. The predicted octanol–water partition coefficient (Wildman–Crippen LogP) is 4.07. The van der Waals surface area contributed by atoms with Gasteiger partial charge in [0.25, 0.3) is 0 Å². The number of hydrogen-bond acceptors (Lipinski definition) is 1. The third kappa shape index (κ3) is 5.80. The van der Waals surface area contributed by atoms with Gasteiger partial charge in [0.1, 0.15) is 0 Å². The maximum Gasteiger partial charge on any atom is 0.390 e. The largest absolute Gasteiger partial charge is 0.390 e. The molecule has 0 spiro atoms. The number of hydrogen-bond donors (Lipinski definition) is 1. The van der Waals surface area contributed by atoms with Gasteiger partial charge in [-0.1, -0.05) is 37.3 Å². The summed E-state index contributed by atoms with van der Waals surface area (Å²) >= 11 is 0. The van der Waals surface area contributed by atoms with Gasteiger partial charge in [-0.05, 0) is 12.0 Å². The van der Waals surface area contributed by atoms with Crippen LogP contribution in [0.4, 0.5) is 13.2 Å². The molecule has 1 aromatic carbocycles. The quantitative estimate of drug-likeness (QED) is 0.768. The lowest BCUT2D eigenvalue weighted by Gasteiger charge is -2.25. The van der Waals surface area contributed by atoms with Crippen LogP contribution in [0.5, 0.6) is 0 Å². The Kier molecular flexibility index (Phi) is 5.91. The Morgan fingerprint density at radius 3 is 2.37 bits per heavy atom.